The van der Waals surface area contributed by atoms with Crippen LogP contribution in [0, 0.1) is 5.92 Å². The van der Waals surface area contributed by atoms with Gasteiger partial charge < -0.3 is 14.6 Å². The van der Waals surface area contributed by atoms with E-state index >= 15 is 0 Å². The Kier molecular flexibility index (Phi) is 2.74. The third kappa shape index (κ3) is 2.19. The van der Waals surface area contributed by atoms with Gasteiger partial charge in [0.2, 0.25) is 0 Å². The summed E-state index contributed by atoms with van der Waals surface area (Å²) in [5, 5.41) is 10.3. The molecule has 2 atom stereocenters. The van der Waals surface area contributed by atoms with Crippen molar-refractivity contribution >= 4 is 0 Å². The van der Waals surface area contributed by atoms with E-state index in [-0.39, 0.29) is 5.60 Å². The summed E-state index contributed by atoms with van der Waals surface area (Å²) in [5.41, 5.74) is 0.643. The topological polar surface area (TPSA) is 38.7 Å². The van der Waals surface area contributed by atoms with Crippen LogP contribution in [0.25, 0.3) is 0 Å². The summed E-state index contributed by atoms with van der Waals surface area (Å²) in [7, 11) is 1.64. The van der Waals surface area contributed by atoms with Crippen LogP contribution in [0.5, 0.6) is 11.5 Å². The van der Waals surface area contributed by atoms with E-state index in [1.54, 1.807) is 7.11 Å². The Balaban J connectivity index is 1.88. The highest BCUT2D eigenvalue weighted by atomic mass is 16.5. The van der Waals surface area contributed by atoms with Crippen molar-refractivity contribution in [2.24, 2.45) is 5.92 Å². The molecule has 1 aliphatic heterocycles. The van der Waals surface area contributed by atoms with Gasteiger partial charge in [0.05, 0.1) is 13.2 Å². The summed E-state index contributed by atoms with van der Waals surface area (Å²) in [6, 6.07) is 5.65. The van der Waals surface area contributed by atoms with E-state index in [1.807, 2.05) is 18.2 Å². The fourth-order valence-corrected chi connectivity index (χ4v) is 2.89. The molecule has 3 heteroatoms. The number of aliphatic hydroxyl groups is 1. The molecule has 1 aromatic rings. The standard InChI is InChI=1S/C15H20O3/c1-15(8-10-3-4-10)9-13(16)12-6-5-11(17-2)7-14(12)18-15/h5-7,10,13,16H,3-4,8-9H2,1-2H3/t13-,15?/m0/s1. The molecule has 3 rings (SSSR count). The summed E-state index contributed by atoms with van der Waals surface area (Å²) < 4.78 is 11.4. The molecule has 98 valence electrons. The molecule has 1 unspecified atom stereocenters. The zero-order valence-electron chi connectivity index (χ0n) is 11.0. The molecule has 1 N–H and O–H groups in total. The Morgan fingerprint density at radius 3 is 2.89 bits per heavy atom. The highest BCUT2D eigenvalue weighted by molar-refractivity contribution is 5.43. The maximum absolute atomic E-state index is 10.3. The van der Waals surface area contributed by atoms with Crippen molar-refractivity contribution in [3.8, 4) is 11.5 Å². The van der Waals surface area contributed by atoms with Crippen LogP contribution in [0.4, 0.5) is 0 Å². The molecule has 18 heavy (non-hydrogen) atoms. The van der Waals surface area contributed by atoms with Gasteiger partial charge in [0.25, 0.3) is 0 Å². The first-order valence-corrected chi connectivity index (χ1v) is 6.65. The molecule has 2 aliphatic rings. The van der Waals surface area contributed by atoms with Gasteiger partial charge in [0, 0.05) is 18.1 Å². The van der Waals surface area contributed by atoms with Gasteiger partial charge in [0.1, 0.15) is 17.1 Å². The molecule has 1 aliphatic carbocycles. The second-order valence-corrected chi connectivity index (χ2v) is 5.82. The van der Waals surface area contributed by atoms with Gasteiger partial charge >= 0.3 is 0 Å². The van der Waals surface area contributed by atoms with Gasteiger partial charge in [-0.2, -0.15) is 0 Å². The fraction of sp³-hybridized carbons (Fsp3) is 0.600. The maximum Gasteiger partial charge on any atom is 0.129 e. The van der Waals surface area contributed by atoms with E-state index in [4.69, 9.17) is 9.47 Å². The lowest BCUT2D eigenvalue weighted by Crippen LogP contribution is -2.38. The lowest BCUT2D eigenvalue weighted by atomic mass is 9.86. The molecule has 0 saturated heterocycles. The molecule has 1 aromatic carbocycles. The zero-order chi connectivity index (χ0) is 12.8. The number of rotatable bonds is 3. The minimum atomic E-state index is -0.427. The van der Waals surface area contributed by atoms with Gasteiger partial charge in [-0.25, -0.2) is 0 Å². The number of benzene rings is 1. The highest BCUT2D eigenvalue weighted by Gasteiger charge is 2.40. The van der Waals surface area contributed by atoms with E-state index in [0.717, 1.165) is 29.4 Å². The number of aliphatic hydroxyl groups excluding tert-OH is 1. The summed E-state index contributed by atoms with van der Waals surface area (Å²) in [5.74, 6) is 2.34. The number of ether oxygens (including phenoxy) is 2. The molecular weight excluding hydrogens is 228 g/mol. The Hall–Kier alpha value is -1.22. The first-order valence-electron chi connectivity index (χ1n) is 6.65. The van der Waals surface area contributed by atoms with Crippen molar-refractivity contribution in [2.75, 3.05) is 7.11 Å². The lowest BCUT2D eigenvalue weighted by Gasteiger charge is -2.38. The van der Waals surface area contributed by atoms with Crippen LogP contribution < -0.4 is 9.47 Å². The molecule has 1 fully saturated rings. The van der Waals surface area contributed by atoms with Gasteiger partial charge in [-0.3, -0.25) is 0 Å². The largest absolute Gasteiger partial charge is 0.497 e. The second kappa shape index (κ2) is 4.16. The third-order valence-corrected chi connectivity index (χ3v) is 3.98. The van der Waals surface area contributed by atoms with Crippen molar-refractivity contribution in [3.05, 3.63) is 23.8 Å². The van der Waals surface area contributed by atoms with Crippen molar-refractivity contribution in [1.82, 2.24) is 0 Å². The summed E-state index contributed by atoms with van der Waals surface area (Å²) in [6.45, 7) is 2.11. The molecule has 1 saturated carbocycles. The first-order chi connectivity index (χ1) is 8.59. The van der Waals surface area contributed by atoms with Gasteiger partial charge in [-0.1, -0.05) is 12.8 Å². The fourth-order valence-electron chi connectivity index (χ4n) is 2.89. The Morgan fingerprint density at radius 1 is 1.44 bits per heavy atom. The van der Waals surface area contributed by atoms with Crippen molar-refractivity contribution in [2.45, 2.75) is 44.3 Å². The summed E-state index contributed by atoms with van der Waals surface area (Å²) >= 11 is 0. The smallest absolute Gasteiger partial charge is 0.129 e. The number of fused-ring (bicyclic) bond motifs is 1. The Bertz CT molecular complexity index is 453. The van der Waals surface area contributed by atoms with Crippen LogP contribution in [0.15, 0.2) is 18.2 Å². The second-order valence-electron chi connectivity index (χ2n) is 5.82. The van der Waals surface area contributed by atoms with Crippen LogP contribution in [-0.4, -0.2) is 17.8 Å². The molecule has 0 amide bonds. The maximum atomic E-state index is 10.3. The third-order valence-electron chi connectivity index (χ3n) is 3.98. The molecule has 3 nitrogen and oxygen atoms in total. The van der Waals surface area contributed by atoms with Crippen LogP contribution in [0.2, 0.25) is 0 Å². The molecule has 0 spiro atoms. The van der Waals surface area contributed by atoms with E-state index < -0.39 is 6.10 Å². The molecule has 0 aromatic heterocycles. The average molecular weight is 248 g/mol. The number of hydrogen-bond donors (Lipinski definition) is 1. The van der Waals surface area contributed by atoms with Crippen LogP contribution in [0.1, 0.15) is 44.3 Å². The van der Waals surface area contributed by atoms with Crippen molar-refractivity contribution in [3.63, 3.8) is 0 Å². The first kappa shape index (κ1) is 11.8. The quantitative estimate of drug-likeness (QED) is 0.893. The predicted molar refractivity (Wildman–Crippen MR) is 68.9 cm³/mol. The Labute approximate surface area is 108 Å². The SMILES string of the molecule is COc1ccc2c(c1)OC(C)(CC1CC1)C[C@@H]2O. The monoisotopic (exact) mass is 248 g/mol. The van der Waals surface area contributed by atoms with Gasteiger partial charge in [-0.05, 0) is 31.4 Å². The number of methoxy groups -OCH3 is 1. The van der Waals surface area contributed by atoms with Gasteiger partial charge in [-0.15, -0.1) is 0 Å². The van der Waals surface area contributed by atoms with Crippen molar-refractivity contribution < 1.29 is 14.6 Å². The van der Waals surface area contributed by atoms with Crippen LogP contribution in [-0.2, 0) is 0 Å². The highest BCUT2D eigenvalue weighted by Crippen LogP contribution is 2.47. The van der Waals surface area contributed by atoms with Crippen LogP contribution >= 0.6 is 0 Å². The van der Waals surface area contributed by atoms with E-state index in [1.165, 1.54) is 12.8 Å². The predicted octanol–water partition coefficient (Wildman–Crippen LogP) is 3.07. The minimum absolute atomic E-state index is 0.236. The zero-order valence-corrected chi connectivity index (χ0v) is 11.0. The number of hydrogen-bond acceptors (Lipinski definition) is 3. The Morgan fingerprint density at radius 2 is 2.22 bits per heavy atom. The van der Waals surface area contributed by atoms with E-state index in [0.29, 0.717) is 6.42 Å². The van der Waals surface area contributed by atoms with Gasteiger partial charge in [0.15, 0.2) is 0 Å². The summed E-state index contributed by atoms with van der Waals surface area (Å²) in [4.78, 5) is 0. The molecule has 1 heterocycles. The normalized spacial score (nSPS) is 30.5. The lowest BCUT2D eigenvalue weighted by molar-refractivity contribution is -0.0106. The van der Waals surface area contributed by atoms with E-state index in [2.05, 4.69) is 6.92 Å². The molecule has 0 bridgehead atoms. The van der Waals surface area contributed by atoms with E-state index in [9.17, 15) is 5.11 Å². The van der Waals surface area contributed by atoms with Crippen LogP contribution in [0.3, 0.4) is 0 Å². The average Bonchev–Trinajstić information content (AvgIpc) is 3.11. The minimum Gasteiger partial charge on any atom is -0.497 e. The van der Waals surface area contributed by atoms with Crippen molar-refractivity contribution in [1.29, 1.82) is 0 Å². The molecule has 0 radical (unpaired) electrons. The summed E-state index contributed by atoms with van der Waals surface area (Å²) in [6.07, 6.45) is 3.91. The molecular formula is C15H20O3.